The predicted molar refractivity (Wildman–Crippen MR) is 66.8 cm³/mol. The van der Waals surface area contributed by atoms with Gasteiger partial charge in [0, 0.05) is 0 Å². The smallest absolute Gasteiger partial charge is 0.245 e. The Balaban J connectivity index is 1.87. The summed E-state index contributed by atoms with van der Waals surface area (Å²) < 4.78 is 18.6. The van der Waals surface area contributed by atoms with Crippen LogP contribution in [-0.2, 0) is 6.61 Å². The van der Waals surface area contributed by atoms with Gasteiger partial charge in [-0.05, 0) is 17.7 Å². The van der Waals surface area contributed by atoms with Gasteiger partial charge in [-0.2, -0.15) is 9.97 Å². The number of fused-ring (bicyclic) bond motifs is 1. The lowest BCUT2D eigenvalue weighted by Gasteiger charge is -2.06. The van der Waals surface area contributed by atoms with Crippen LogP contribution in [0.4, 0.5) is 10.3 Å². The van der Waals surface area contributed by atoms with Crippen molar-refractivity contribution in [3.8, 4) is 5.88 Å². The summed E-state index contributed by atoms with van der Waals surface area (Å²) in [5.74, 6) is 0.0630. The van der Waals surface area contributed by atoms with Crippen molar-refractivity contribution in [3.63, 3.8) is 0 Å². The molecular formula is C12H10FN5O. The molecule has 3 N–H and O–H groups in total. The maximum Gasteiger partial charge on any atom is 0.245 e. The molecule has 0 spiro atoms. The molecule has 2 heterocycles. The highest BCUT2D eigenvalue weighted by Gasteiger charge is 2.09. The second-order valence-electron chi connectivity index (χ2n) is 3.91. The Kier molecular flexibility index (Phi) is 2.71. The molecule has 0 unspecified atom stereocenters. The van der Waals surface area contributed by atoms with Crippen molar-refractivity contribution in [3.05, 3.63) is 42.0 Å². The summed E-state index contributed by atoms with van der Waals surface area (Å²) in [6, 6.07) is 6.15. The number of aromatic amines is 1. The van der Waals surface area contributed by atoms with Gasteiger partial charge in [0.2, 0.25) is 11.8 Å². The van der Waals surface area contributed by atoms with Gasteiger partial charge in [-0.15, -0.1) is 0 Å². The number of H-pyrrole nitrogens is 1. The molecule has 0 saturated carbocycles. The van der Waals surface area contributed by atoms with Crippen LogP contribution in [0.2, 0.25) is 0 Å². The van der Waals surface area contributed by atoms with E-state index >= 15 is 0 Å². The highest BCUT2D eigenvalue weighted by Crippen LogP contribution is 2.20. The summed E-state index contributed by atoms with van der Waals surface area (Å²) in [6.45, 7) is 0.183. The van der Waals surface area contributed by atoms with Gasteiger partial charge >= 0.3 is 0 Å². The fourth-order valence-electron chi connectivity index (χ4n) is 1.71. The average molecular weight is 259 g/mol. The van der Waals surface area contributed by atoms with E-state index in [1.54, 1.807) is 12.1 Å². The molecule has 96 valence electrons. The van der Waals surface area contributed by atoms with Crippen LogP contribution < -0.4 is 10.5 Å². The summed E-state index contributed by atoms with van der Waals surface area (Å²) in [4.78, 5) is 14.8. The Morgan fingerprint density at radius 1 is 1.32 bits per heavy atom. The third-order valence-electron chi connectivity index (χ3n) is 2.53. The van der Waals surface area contributed by atoms with Gasteiger partial charge in [0.05, 0.1) is 6.33 Å². The number of nitrogens with one attached hydrogen (secondary N) is 1. The Hall–Kier alpha value is -2.70. The molecule has 3 aromatic rings. The minimum absolute atomic E-state index is 0.0776. The molecule has 2 aromatic heterocycles. The lowest BCUT2D eigenvalue weighted by atomic mass is 10.2. The van der Waals surface area contributed by atoms with Crippen LogP contribution in [0.25, 0.3) is 11.2 Å². The monoisotopic (exact) mass is 259 g/mol. The quantitative estimate of drug-likeness (QED) is 0.746. The first kappa shape index (κ1) is 11.4. The SMILES string of the molecule is Nc1nc(OCc2cccc(F)c2)c2[nH]cnc2n1. The Labute approximate surface area is 107 Å². The number of rotatable bonds is 3. The molecule has 0 radical (unpaired) electrons. The number of aromatic nitrogens is 4. The van der Waals surface area contributed by atoms with Crippen molar-refractivity contribution in [1.82, 2.24) is 19.9 Å². The molecule has 0 saturated heterocycles. The van der Waals surface area contributed by atoms with Crippen LogP contribution in [0, 0.1) is 5.82 Å². The Bertz CT molecular complexity index is 727. The molecule has 0 bridgehead atoms. The molecule has 0 aliphatic heterocycles. The van der Waals surface area contributed by atoms with Crippen molar-refractivity contribution in [2.45, 2.75) is 6.61 Å². The number of hydrogen-bond donors (Lipinski definition) is 2. The third-order valence-corrected chi connectivity index (χ3v) is 2.53. The van der Waals surface area contributed by atoms with Gasteiger partial charge in [-0.3, -0.25) is 0 Å². The number of hydrogen-bond acceptors (Lipinski definition) is 5. The van der Waals surface area contributed by atoms with E-state index in [1.807, 2.05) is 0 Å². The Morgan fingerprint density at radius 3 is 3.05 bits per heavy atom. The van der Waals surface area contributed by atoms with Crippen LogP contribution >= 0.6 is 0 Å². The summed E-state index contributed by atoms with van der Waals surface area (Å²) in [5.41, 5.74) is 7.25. The van der Waals surface area contributed by atoms with E-state index in [0.717, 1.165) is 0 Å². The highest BCUT2D eigenvalue weighted by atomic mass is 19.1. The molecule has 1 aromatic carbocycles. The number of benzene rings is 1. The maximum absolute atomic E-state index is 13.0. The van der Waals surface area contributed by atoms with Crippen molar-refractivity contribution >= 4 is 17.1 Å². The van der Waals surface area contributed by atoms with E-state index < -0.39 is 0 Å². The van der Waals surface area contributed by atoms with E-state index in [4.69, 9.17) is 10.5 Å². The zero-order valence-electron chi connectivity index (χ0n) is 9.80. The van der Waals surface area contributed by atoms with Crippen molar-refractivity contribution < 1.29 is 9.13 Å². The van der Waals surface area contributed by atoms with Gasteiger partial charge < -0.3 is 15.5 Å². The predicted octanol–water partition coefficient (Wildman–Crippen LogP) is 1.65. The second-order valence-corrected chi connectivity index (χ2v) is 3.91. The number of anilines is 1. The third kappa shape index (κ3) is 2.30. The molecule has 0 fully saturated rings. The zero-order valence-corrected chi connectivity index (χ0v) is 9.80. The van der Waals surface area contributed by atoms with E-state index in [0.29, 0.717) is 22.6 Å². The summed E-state index contributed by atoms with van der Waals surface area (Å²) in [5, 5.41) is 0. The van der Waals surface area contributed by atoms with Gasteiger partial charge in [-0.25, -0.2) is 9.37 Å². The fraction of sp³-hybridized carbons (Fsp3) is 0.0833. The summed E-state index contributed by atoms with van der Waals surface area (Å²) >= 11 is 0. The summed E-state index contributed by atoms with van der Waals surface area (Å²) in [6.07, 6.45) is 1.48. The molecule has 3 rings (SSSR count). The number of ether oxygens (including phenoxy) is 1. The lowest BCUT2D eigenvalue weighted by molar-refractivity contribution is 0.297. The molecule has 19 heavy (non-hydrogen) atoms. The van der Waals surface area contributed by atoms with E-state index in [2.05, 4.69) is 19.9 Å². The molecule has 0 aliphatic rings. The number of imidazole rings is 1. The number of halogens is 1. The molecule has 0 amide bonds. The van der Waals surface area contributed by atoms with Crippen LogP contribution in [0.15, 0.2) is 30.6 Å². The lowest BCUT2D eigenvalue weighted by Crippen LogP contribution is -2.02. The van der Waals surface area contributed by atoms with Crippen LogP contribution in [0.3, 0.4) is 0 Å². The minimum atomic E-state index is -0.310. The number of nitrogens with zero attached hydrogens (tertiary/aromatic N) is 3. The molecule has 6 nitrogen and oxygen atoms in total. The van der Waals surface area contributed by atoms with Gasteiger partial charge in [0.1, 0.15) is 17.9 Å². The van der Waals surface area contributed by atoms with Crippen LogP contribution in [-0.4, -0.2) is 19.9 Å². The van der Waals surface area contributed by atoms with Crippen molar-refractivity contribution in [1.29, 1.82) is 0 Å². The van der Waals surface area contributed by atoms with Crippen molar-refractivity contribution in [2.75, 3.05) is 5.73 Å². The maximum atomic E-state index is 13.0. The average Bonchev–Trinajstić information content (AvgIpc) is 2.84. The second kappa shape index (κ2) is 4.52. The van der Waals surface area contributed by atoms with Crippen molar-refractivity contribution in [2.24, 2.45) is 0 Å². The van der Waals surface area contributed by atoms with Crippen LogP contribution in [0.5, 0.6) is 5.88 Å². The summed E-state index contributed by atoms with van der Waals surface area (Å²) in [7, 11) is 0. The molecule has 7 heteroatoms. The van der Waals surface area contributed by atoms with Gasteiger partial charge in [-0.1, -0.05) is 12.1 Å². The fourth-order valence-corrected chi connectivity index (χ4v) is 1.71. The standard InChI is InChI=1S/C12H10FN5O/c13-8-3-1-2-7(4-8)5-19-11-9-10(16-6-15-9)17-12(14)18-11/h1-4,6H,5H2,(H3,14,15,16,17,18). The Morgan fingerprint density at radius 2 is 2.21 bits per heavy atom. The topological polar surface area (TPSA) is 89.7 Å². The van der Waals surface area contributed by atoms with Gasteiger partial charge in [0.15, 0.2) is 5.65 Å². The number of nitrogen functional groups attached to an aromatic ring is 1. The first-order valence-corrected chi connectivity index (χ1v) is 5.56. The van der Waals surface area contributed by atoms with Gasteiger partial charge in [0.25, 0.3) is 0 Å². The zero-order chi connectivity index (χ0) is 13.2. The van der Waals surface area contributed by atoms with E-state index in [1.165, 1.54) is 18.5 Å². The molecule has 0 aliphatic carbocycles. The van der Waals surface area contributed by atoms with Crippen LogP contribution in [0.1, 0.15) is 5.56 Å². The first-order chi connectivity index (χ1) is 9.22. The normalized spacial score (nSPS) is 10.8. The number of nitrogens with two attached hydrogens (primary N) is 1. The van der Waals surface area contributed by atoms with E-state index in [9.17, 15) is 4.39 Å². The first-order valence-electron chi connectivity index (χ1n) is 5.56. The largest absolute Gasteiger partial charge is 0.471 e. The minimum Gasteiger partial charge on any atom is -0.471 e. The highest BCUT2D eigenvalue weighted by molar-refractivity contribution is 5.76. The molecular weight excluding hydrogens is 249 g/mol. The van der Waals surface area contributed by atoms with E-state index in [-0.39, 0.29) is 18.4 Å². The molecule has 0 atom stereocenters.